The maximum absolute atomic E-state index is 10.7. The van der Waals surface area contributed by atoms with Gasteiger partial charge in [0.05, 0.1) is 27.9 Å². The van der Waals surface area contributed by atoms with Gasteiger partial charge in [-0.3, -0.25) is 4.99 Å². The zero-order chi connectivity index (χ0) is 21.2. The molecule has 0 bridgehead atoms. The molecule has 0 aromatic heterocycles. The third-order valence-electron chi connectivity index (χ3n) is 4.51. The van der Waals surface area contributed by atoms with Gasteiger partial charge >= 0.3 is 0 Å². The first kappa shape index (κ1) is 25.8. The Kier molecular flexibility index (Phi) is 11.3. The summed E-state index contributed by atoms with van der Waals surface area (Å²) in [7, 11) is 6.78. The highest BCUT2D eigenvalue weighted by atomic mass is 127. The lowest BCUT2D eigenvalue weighted by Crippen LogP contribution is -2.38. The number of rotatable bonds is 9. The molecule has 0 fully saturated rings. The van der Waals surface area contributed by atoms with Crippen molar-refractivity contribution in [2.24, 2.45) is 4.99 Å². The minimum Gasteiger partial charge on any atom is -0.497 e. The first-order chi connectivity index (χ1) is 14.0. The van der Waals surface area contributed by atoms with Crippen LogP contribution in [0.5, 0.6) is 17.2 Å². The fourth-order valence-corrected chi connectivity index (χ4v) is 3.00. The first-order valence-corrected chi connectivity index (χ1v) is 9.55. The lowest BCUT2D eigenvalue weighted by atomic mass is 10.1. The van der Waals surface area contributed by atoms with Crippen molar-refractivity contribution in [3.8, 4) is 17.2 Å². The summed E-state index contributed by atoms with van der Waals surface area (Å²) >= 11 is 0. The van der Waals surface area contributed by atoms with E-state index in [4.69, 9.17) is 14.2 Å². The number of para-hydroxylation sites is 1. The van der Waals surface area contributed by atoms with Crippen molar-refractivity contribution in [3.63, 3.8) is 0 Å². The normalized spacial score (nSPS) is 11.9. The summed E-state index contributed by atoms with van der Waals surface area (Å²) in [6.07, 6.45) is -0.826. The molecule has 0 spiro atoms. The van der Waals surface area contributed by atoms with Gasteiger partial charge in [-0.25, -0.2) is 0 Å². The number of benzene rings is 2. The third kappa shape index (κ3) is 6.94. The minimum absolute atomic E-state index is 0. The van der Waals surface area contributed by atoms with Gasteiger partial charge in [0.2, 0.25) is 0 Å². The molecule has 1 atom stereocenters. The Labute approximate surface area is 196 Å². The van der Waals surface area contributed by atoms with E-state index in [9.17, 15) is 5.11 Å². The molecule has 0 amide bonds. The highest BCUT2D eigenvalue weighted by Crippen LogP contribution is 2.29. The van der Waals surface area contributed by atoms with Gasteiger partial charge in [0.25, 0.3) is 0 Å². The second-order valence-electron chi connectivity index (χ2n) is 6.49. The summed E-state index contributed by atoms with van der Waals surface area (Å²) in [6.45, 7) is 3.53. The average Bonchev–Trinajstić information content (AvgIpc) is 2.76. The molecule has 1 unspecified atom stereocenters. The van der Waals surface area contributed by atoms with Crippen LogP contribution in [0.1, 0.15) is 24.2 Å². The molecule has 0 saturated heterocycles. The number of nitrogens with zero attached hydrogens (tertiary/aromatic N) is 2. The van der Waals surface area contributed by atoms with Gasteiger partial charge in [-0.05, 0) is 31.2 Å². The monoisotopic (exact) mass is 529 g/mol. The Hall–Kier alpha value is -2.20. The number of nitrogens with one attached hydrogen (secondary N) is 1. The molecule has 7 nitrogen and oxygen atoms in total. The quantitative estimate of drug-likeness (QED) is 0.295. The van der Waals surface area contributed by atoms with Crippen molar-refractivity contribution in [2.45, 2.75) is 19.6 Å². The number of hydrogen-bond acceptors (Lipinski definition) is 5. The van der Waals surface area contributed by atoms with E-state index in [-0.39, 0.29) is 30.5 Å². The van der Waals surface area contributed by atoms with E-state index in [1.807, 2.05) is 43.1 Å². The maximum Gasteiger partial charge on any atom is 0.194 e. The van der Waals surface area contributed by atoms with Crippen LogP contribution in [0.2, 0.25) is 0 Å². The molecule has 2 aromatic rings. The Balaban J connectivity index is 0.00000450. The summed E-state index contributed by atoms with van der Waals surface area (Å²) in [5.74, 6) is 2.78. The molecular formula is C22H32IN3O4. The van der Waals surface area contributed by atoms with Crippen molar-refractivity contribution in [3.05, 3.63) is 53.6 Å². The molecule has 0 heterocycles. The van der Waals surface area contributed by atoms with Gasteiger partial charge in [-0.2, -0.15) is 0 Å². The van der Waals surface area contributed by atoms with Crippen molar-refractivity contribution in [1.82, 2.24) is 10.2 Å². The predicted molar refractivity (Wildman–Crippen MR) is 130 cm³/mol. The van der Waals surface area contributed by atoms with Gasteiger partial charge < -0.3 is 29.5 Å². The van der Waals surface area contributed by atoms with Crippen LogP contribution in [0.4, 0.5) is 0 Å². The summed E-state index contributed by atoms with van der Waals surface area (Å²) < 4.78 is 16.1. The van der Waals surface area contributed by atoms with Crippen LogP contribution in [0.3, 0.4) is 0 Å². The first-order valence-electron chi connectivity index (χ1n) is 9.55. The maximum atomic E-state index is 10.7. The molecule has 0 radical (unpaired) electrons. The number of guanidine groups is 1. The van der Waals surface area contributed by atoms with E-state index in [1.165, 1.54) is 0 Å². The molecule has 0 saturated carbocycles. The predicted octanol–water partition coefficient (Wildman–Crippen LogP) is 3.46. The van der Waals surface area contributed by atoms with E-state index in [0.717, 1.165) is 11.3 Å². The second-order valence-corrected chi connectivity index (χ2v) is 6.49. The lowest BCUT2D eigenvalue weighted by molar-refractivity contribution is 0.181. The largest absolute Gasteiger partial charge is 0.497 e. The standard InChI is InChI=1S/C22H31N3O4.HI/c1-6-23-22(25(2)15-16-9-7-8-10-20(16)28-4)24-14-19(26)18-13-17(27-3)11-12-21(18)29-5;/h7-13,19,26H,6,14-15H2,1-5H3,(H,23,24);1H. The van der Waals surface area contributed by atoms with Gasteiger partial charge in [-0.1, -0.05) is 18.2 Å². The molecule has 166 valence electrons. The summed E-state index contributed by atoms with van der Waals surface area (Å²) in [4.78, 5) is 6.61. The summed E-state index contributed by atoms with van der Waals surface area (Å²) in [5, 5.41) is 14.0. The van der Waals surface area contributed by atoms with Crippen LogP contribution in [0.15, 0.2) is 47.5 Å². The highest BCUT2D eigenvalue weighted by molar-refractivity contribution is 14.0. The van der Waals surface area contributed by atoms with Crippen LogP contribution in [-0.2, 0) is 6.54 Å². The molecule has 0 aliphatic carbocycles. The Morgan fingerprint density at radius 1 is 1.07 bits per heavy atom. The molecule has 8 heteroatoms. The molecule has 2 rings (SSSR count). The number of aliphatic hydroxyl groups excluding tert-OH is 1. The number of halogens is 1. The third-order valence-corrected chi connectivity index (χ3v) is 4.51. The van der Waals surface area contributed by atoms with E-state index in [1.54, 1.807) is 39.5 Å². The SMILES string of the molecule is CCNC(=NCC(O)c1cc(OC)ccc1OC)N(C)Cc1ccccc1OC.I. The van der Waals surface area contributed by atoms with Crippen molar-refractivity contribution >= 4 is 29.9 Å². The topological polar surface area (TPSA) is 75.6 Å². The van der Waals surface area contributed by atoms with Crippen molar-refractivity contribution in [2.75, 3.05) is 41.5 Å². The van der Waals surface area contributed by atoms with Gasteiger partial charge in [0.15, 0.2) is 5.96 Å². The summed E-state index contributed by atoms with van der Waals surface area (Å²) in [5.41, 5.74) is 1.69. The number of aliphatic hydroxyl groups is 1. The smallest absolute Gasteiger partial charge is 0.194 e. The van der Waals surface area contributed by atoms with E-state index in [0.29, 0.717) is 36.1 Å². The van der Waals surface area contributed by atoms with Gasteiger partial charge in [-0.15, -0.1) is 24.0 Å². The van der Waals surface area contributed by atoms with E-state index < -0.39 is 6.10 Å². The average molecular weight is 529 g/mol. The van der Waals surface area contributed by atoms with Gasteiger partial charge in [0.1, 0.15) is 23.4 Å². The zero-order valence-electron chi connectivity index (χ0n) is 18.2. The van der Waals surface area contributed by atoms with Gasteiger partial charge in [0, 0.05) is 31.3 Å². The number of hydrogen-bond donors (Lipinski definition) is 2. The zero-order valence-corrected chi connectivity index (χ0v) is 20.5. The lowest BCUT2D eigenvalue weighted by Gasteiger charge is -2.23. The fraction of sp³-hybridized carbons (Fsp3) is 0.409. The summed E-state index contributed by atoms with van der Waals surface area (Å²) in [6, 6.07) is 13.2. The van der Waals surface area contributed by atoms with Crippen molar-refractivity contribution < 1.29 is 19.3 Å². The Bertz CT molecular complexity index is 817. The minimum atomic E-state index is -0.826. The molecule has 2 aromatic carbocycles. The molecule has 0 aliphatic rings. The van der Waals surface area contributed by atoms with Crippen LogP contribution in [0.25, 0.3) is 0 Å². The number of ether oxygens (including phenoxy) is 3. The van der Waals surface area contributed by atoms with Crippen molar-refractivity contribution in [1.29, 1.82) is 0 Å². The van der Waals surface area contributed by atoms with Crippen LogP contribution in [-0.4, -0.2) is 57.4 Å². The molecule has 30 heavy (non-hydrogen) atoms. The van der Waals surface area contributed by atoms with Crippen LogP contribution >= 0.6 is 24.0 Å². The van der Waals surface area contributed by atoms with Crippen LogP contribution in [0, 0.1) is 0 Å². The Morgan fingerprint density at radius 3 is 2.40 bits per heavy atom. The molecular weight excluding hydrogens is 497 g/mol. The molecule has 0 aliphatic heterocycles. The number of methoxy groups -OCH3 is 3. The second kappa shape index (κ2) is 13.2. The van der Waals surface area contributed by atoms with E-state index >= 15 is 0 Å². The fourth-order valence-electron chi connectivity index (χ4n) is 3.00. The van der Waals surface area contributed by atoms with E-state index in [2.05, 4.69) is 10.3 Å². The van der Waals surface area contributed by atoms with Crippen LogP contribution < -0.4 is 19.5 Å². The highest BCUT2D eigenvalue weighted by Gasteiger charge is 2.16. The Morgan fingerprint density at radius 2 is 1.77 bits per heavy atom. The number of aliphatic imine (C=N–C) groups is 1. The molecule has 2 N–H and O–H groups in total.